The van der Waals surface area contributed by atoms with Crippen LogP contribution in [0.1, 0.15) is 66.2 Å². The molecule has 0 rings (SSSR count). The number of allylic oxidation sites excluding steroid dienone is 4. The van der Waals surface area contributed by atoms with E-state index >= 15 is 0 Å². The fourth-order valence-electron chi connectivity index (χ4n) is 1.95. The molecule has 0 heteroatoms. The Morgan fingerprint density at radius 2 is 1.94 bits per heavy atom. The van der Waals surface area contributed by atoms with E-state index in [9.17, 15) is 0 Å². The highest BCUT2D eigenvalue weighted by Gasteiger charge is 2.08. The van der Waals surface area contributed by atoms with Crippen molar-refractivity contribution in [2.45, 2.75) is 66.2 Å². The quantitative estimate of drug-likeness (QED) is 0.345. The number of rotatable bonds is 9. The van der Waals surface area contributed by atoms with Crippen molar-refractivity contribution in [3.63, 3.8) is 0 Å². The minimum Gasteiger partial charge on any atom is -0.0914 e. The van der Waals surface area contributed by atoms with Gasteiger partial charge in [-0.3, -0.25) is 0 Å². The first-order valence-electron chi connectivity index (χ1n) is 6.88. The maximum Gasteiger partial charge on any atom is -0.00216 e. The predicted octanol–water partition coefficient (Wildman–Crippen LogP) is 5.71. The zero-order valence-electron chi connectivity index (χ0n) is 11.6. The van der Waals surface area contributed by atoms with Gasteiger partial charge < -0.3 is 0 Å². The molecule has 0 aromatic heterocycles. The van der Waals surface area contributed by atoms with Crippen LogP contribution >= 0.6 is 0 Å². The van der Waals surface area contributed by atoms with Crippen molar-refractivity contribution in [3.05, 3.63) is 30.2 Å². The molecule has 1 unspecified atom stereocenters. The molecule has 93 valence electrons. The maximum atomic E-state index is 2.36. The minimum atomic E-state index is 0.683. The van der Waals surface area contributed by atoms with Crippen molar-refractivity contribution < 1.29 is 0 Å². The Morgan fingerprint density at radius 3 is 2.50 bits per heavy atom. The van der Waals surface area contributed by atoms with Crippen LogP contribution in [0.25, 0.3) is 0 Å². The molecule has 0 amide bonds. The summed E-state index contributed by atoms with van der Waals surface area (Å²) in [6.45, 7) is 8.88. The van der Waals surface area contributed by atoms with Crippen molar-refractivity contribution in [1.29, 1.82) is 0 Å². The van der Waals surface area contributed by atoms with Gasteiger partial charge in [-0.1, -0.05) is 64.3 Å². The largest absolute Gasteiger partial charge is 0.0914 e. The van der Waals surface area contributed by atoms with E-state index in [0.717, 1.165) is 6.42 Å². The van der Waals surface area contributed by atoms with Gasteiger partial charge in [0.25, 0.3) is 0 Å². The lowest BCUT2D eigenvalue weighted by molar-refractivity contribution is 0.604. The van der Waals surface area contributed by atoms with Gasteiger partial charge in [-0.25, -0.2) is 0 Å². The Bertz CT molecular complexity index is 188. The zero-order chi connectivity index (χ0) is 12.2. The molecule has 0 nitrogen and oxygen atoms in total. The molecule has 0 bridgehead atoms. The molecule has 1 radical (unpaired) electrons. The van der Waals surface area contributed by atoms with Crippen LogP contribution in [0, 0.1) is 11.8 Å². The molecule has 0 heterocycles. The van der Waals surface area contributed by atoms with Gasteiger partial charge in [0.15, 0.2) is 0 Å². The summed E-state index contributed by atoms with van der Waals surface area (Å²) >= 11 is 0. The summed E-state index contributed by atoms with van der Waals surface area (Å²) in [5, 5.41) is 0. The van der Waals surface area contributed by atoms with Crippen LogP contribution in [0.15, 0.2) is 24.3 Å². The average molecular weight is 221 g/mol. The highest BCUT2D eigenvalue weighted by molar-refractivity contribution is 5.11. The second-order valence-corrected chi connectivity index (χ2v) is 4.63. The molecule has 0 aliphatic carbocycles. The van der Waals surface area contributed by atoms with E-state index < -0.39 is 0 Å². The van der Waals surface area contributed by atoms with Gasteiger partial charge >= 0.3 is 0 Å². The summed E-state index contributed by atoms with van der Waals surface area (Å²) in [5.74, 6) is 2.31. The first-order valence-corrected chi connectivity index (χ1v) is 6.88. The fraction of sp³-hybridized carbons (Fsp3) is 0.688. The molecule has 0 saturated heterocycles. The zero-order valence-corrected chi connectivity index (χ0v) is 11.6. The van der Waals surface area contributed by atoms with E-state index in [2.05, 4.69) is 52.0 Å². The highest BCUT2D eigenvalue weighted by atomic mass is 14.1. The lowest BCUT2D eigenvalue weighted by Crippen LogP contribution is -2.00. The van der Waals surface area contributed by atoms with Crippen LogP contribution in [-0.2, 0) is 0 Å². The molecular weight excluding hydrogens is 192 g/mol. The Labute approximate surface area is 103 Å². The molecule has 0 spiro atoms. The highest BCUT2D eigenvalue weighted by Crippen LogP contribution is 2.23. The van der Waals surface area contributed by atoms with Crippen LogP contribution in [0.4, 0.5) is 0 Å². The Kier molecular flexibility index (Phi) is 10.6. The Morgan fingerprint density at radius 1 is 1.19 bits per heavy atom. The molecule has 0 fully saturated rings. The molecule has 0 saturated carbocycles. The Hall–Kier alpha value is -0.520. The average Bonchev–Trinajstić information content (AvgIpc) is 2.26. The van der Waals surface area contributed by atoms with Crippen LogP contribution in [0.2, 0.25) is 0 Å². The minimum absolute atomic E-state index is 0.683. The van der Waals surface area contributed by atoms with Crippen molar-refractivity contribution in [1.82, 2.24) is 0 Å². The predicted molar refractivity (Wildman–Crippen MR) is 75.4 cm³/mol. The van der Waals surface area contributed by atoms with Crippen molar-refractivity contribution in [2.75, 3.05) is 0 Å². The van der Waals surface area contributed by atoms with Crippen LogP contribution < -0.4 is 0 Å². The third-order valence-corrected chi connectivity index (χ3v) is 2.80. The maximum absolute atomic E-state index is 2.36. The van der Waals surface area contributed by atoms with E-state index in [-0.39, 0.29) is 0 Å². The van der Waals surface area contributed by atoms with Crippen LogP contribution in [-0.4, -0.2) is 0 Å². The normalized spacial score (nSPS) is 14.3. The van der Waals surface area contributed by atoms with E-state index in [1.807, 2.05) is 0 Å². The summed E-state index contributed by atoms with van der Waals surface area (Å²) in [6.07, 6.45) is 16.8. The van der Waals surface area contributed by atoms with Gasteiger partial charge in [0.05, 0.1) is 0 Å². The molecule has 0 N–H and O–H groups in total. The van der Waals surface area contributed by atoms with Gasteiger partial charge in [0, 0.05) is 0 Å². The van der Waals surface area contributed by atoms with Crippen molar-refractivity contribution in [3.8, 4) is 0 Å². The molecule has 0 aromatic carbocycles. The van der Waals surface area contributed by atoms with Crippen molar-refractivity contribution >= 4 is 0 Å². The number of unbranched alkanes of at least 4 members (excludes halogenated alkanes) is 2. The summed E-state index contributed by atoms with van der Waals surface area (Å²) in [6, 6.07) is 0. The third kappa shape index (κ3) is 8.76. The summed E-state index contributed by atoms with van der Waals surface area (Å²) in [4.78, 5) is 0. The smallest absolute Gasteiger partial charge is 0.00216 e. The first-order chi connectivity index (χ1) is 7.74. The van der Waals surface area contributed by atoms with E-state index in [1.165, 1.54) is 32.1 Å². The van der Waals surface area contributed by atoms with Crippen LogP contribution in [0.3, 0.4) is 0 Å². The summed E-state index contributed by atoms with van der Waals surface area (Å²) in [5.41, 5.74) is 0. The number of hydrogen-bond donors (Lipinski definition) is 0. The first kappa shape index (κ1) is 15.5. The second-order valence-electron chi connectivity index (χ2n) is 4.63. The molecule has 0 aliphatic rings. The topological polar surface area (TPSA) is 0 Å². The molecule has 0 aliphatic heterocycles. The third-order valence-electron chi connectivity index (χ3n) is 2.80. The SMILES string of the molecule is C/C=C\C(C)C[C](/C=C/CC)CCCCC. The van der Waals surface area contributed by atoms with E-state index in [4.69, 9.17) is 0 Å². The monoisotopic (exact) mass is 221 g/mol. The molecular formula is C16H29. The molecule has 0 aromatic rings. The molecule has 16 heavy (non-hydrogen) atoms. The van der Waals surface area contributed by atoms with Gasteiger partial charge in [-0.05, 0) is 38.0 Å². The van der Waals surface area contributed by atoms with E-state index in [0.29, 0.717) is 5.92 Å². The van der Waals surface area contributed by atoms with E-state index in [1.54, 1.807) is 5.92 Å². The standard InChI is InChI=1S/C16H29/c1-5-8-10-13-16(12-9-6-2)14-15(4)11-7-3/h7,9,11-12,15H,5-6,8,10,13-14H2,1-4H3/b11-7-,12-9+. The lowest BCUT2D eigenvalue weighted by Gasteiger charge is -2.15. The van der Waals surface area contributed by atoms with Gasteiger partial charge in [-0.2, -0.15) is 0 Å². The summed E-state index contributed by atoms with van der Waals surface area (Å²) < 4.78 is 0. The number of hydrogen-bond acceptors (Lipinski definition) is 0. The van der Waals surface area contributed by atoms with Gasteiger partial charge in [0.2, 0.25) is 0 Å². The van der Waals surface area contributed by atoms with Crippen molar-refractivity contribution in [2.24, 2.45) is 5.92 Å². The van der Waals surface area contributed by atoms with Crippen LogP contribution in [0.5, 0.6) is 0 Å². The lowest BCUT2D eigenvalue weighted by atomic mass is 9.90. The molecule has 1 atom stereocenters. The second kappa shape index (κ2) is 11.0. The van der Waals surface area contributed by atoms with Gasteiger partial charge in [-0.15, -0.1) is 0 Å². The van der Waals surface area contributed by atoms with Gasteiger partial charge in [0.1, 0.15) is 0 Å². The fourth-order valence-corrected chi connectivity index (χ4v) is 1.95. The summed E-state index contributed by atoms with van der Waals surface area (Å²) in [7, 11) is 0. The Balaban J connectivity index is 4.03.